The number of nitrogens with zero attached hydrogens (tertiary/aromatic N) is 2. The molecular weight excluding hydrogens is 220 g/mol. The molecule has 1 amide bonds. The summed E-state index contributed by atoms with van der Waals surface area (Å²) >= 11 is 0. The molecule has 0 spiro atoms. The van der Waals surface area contributed by atoms with Crippen molar-refractivity contribution in [2.75, 3.05) is 32.8 Å². The second kappa shape index (κ2) is 5.69. The molecule has 1 N–H and O–H groups in total. The minimum Gasteiger partial charge on any atom is -0.444 e. The standard InChI is InChI=1S/C12H24N2O3/c1-10-9-13(7-8-15)5-6-14(10)11(16)17-12(2,3)4/h10,15H,5-9H2,1-4H3. The monoisotopic (exact) mass is 244 g/mol. The molecule has 1 aliphatic heterocycles. The number of hydrogen-bond acceptors (Lipinski definition) is 4. The second-order valence-electron chi connectivity index (χ2n) is 5.55. The van der Waals surface area contributed by atoms with E-state index < -0.39 is 5.60 Å². The van der Waals surface area contributed by atoms with Gasteiger partial charge in [0.1, 0.15) is 5.60 Å². The largest absolute Gasteiger partial charge is 0.444 e. The van der Waals surface area contributed by atoms with Crippen LogP contribution in [-0.2, 0) is 4.74 Å². The molecule has 0 aliphatic carbocycles. The van der Waals surface area contributed by atoms with E-state index in [0.717, 1.165) is 13.1 Å². The van der Waals surface area contributed by atoms with Gasteiger partial charge in [-0.3, -0.25) is 4.90 Å². The first-order chi connectivity index (χ1) is 7.83. The van der Waals surface area contributed by atoms with Crippen LogP contribution in [0.15, 0.2) is 0 Å². The SMILES string of the molecule is CC1CN(CCO)CCN1C(=O)OC(C)(C)C. The number of amides is 1. The first kappa shape index (κ1) is 14.3. The highest BCUT2D eigenvalue weighted by atomic mass is 16.6. The van der Waals surface area contributed by atoms with Crippen LogP contribution in [0.4, 0.5) is 4.79 Å². The molecule has 1 aliphatic rings. The molecule has 0 aromatic rings. The van der Waals surface area contributed by atoms with E-state index >= 15 is 0 Å². The number of rotatable bonds is 2. The van der Waals surface area contributed by atoms with Gasteiger partial charge in [-0.15, -0.1) is 0 Å². The van der Waals surface area contributed by atoms with Gasteiger partial charge in [0.15, 0.2) is 0 Å². The van der Waals surface area contributed by atoms with Gasteiger partial charge >= 0.3 is 6.09 Å². The van der Waals surface area contributed by atoms with Crippen LogP contribution in [0.3, 0.4) is 0 Å². The van der Waals surface area contributed by atoms with Gasteiger partial charge in [-0.2, -0.15) is 0 Å². The van der Waals surface area contributed by atoms with Crippen LogP contribution in [0, 0.1) is 0 Å². The molecule has 1 atom stereocenters. The topological polar surface area (TPSA) is 53.0 Å². The first-order valence-electron chi connectivity index (χ1n) is 6.16. The van der Waals surface area contributed by atoms with E-state index in [9.17, 15) is 4.79 Å². The molecule has 100 valence electrons. The number of aliphatic hydroxyl groups is 1. The molecule has 1 saturated heterocycles. The average molecular weight is 244 g/mol. The summed E-state index contributed by atoms with van der Waals surface area (Å²) in [5.74, 6) is 0. The van der Waals surface area contributed by atoms with E-state index in [-0.39, 0.29) is 18.7 Å². The lowest BCUT2D eigenvalue weighted by Gasteiger charge is -2.40. The van der Waals surface area contributed by atoms with Crippen LogP contribution in [0.25, 0.3) is 0 Å². The summed E-state index contributed by atoms with van der Waals surface area (Å²) in [6.07, 6.45) is -0.242. The zero-order chi connectivity index (χ0) is 13.1. The maximum absolute atomic E-state index is 11.9. The number of aliphatic hydroxyl groups excluding tert-OH is 1. The lowest BCUT2D eigenvalue weighted by atomic mass is 10.2. The van der Waals surface area contributed by atoms with Crippen LogP contribution in [-0.4, -0.2) is 65.4 Å². The fraction of sp³-hybridized carbons (Fsp3) is 0.917. The lowest BCUT2D eigenvalue weighted by molar-refractivity contribution is 0.0000298. The maximum Gasteiger partial charge on any atom is 0.410 e. The van der Waals surface area contributed by atoms with E-state index in [2.05, 4.69) is 4.90 Å². The smallest absolute Gasteiger partial charge is 0.410 e. The van der Waals surface area contributed by atoms with E-state index in [1.54, 1.807) is 4.90 Å². The predicted molar refractivity (Wildman–Crippen MR) is 65.9 cm³/mol. The molecule has 5 nitrogen and oxygen atoms in total. The molecule has 17 heavy (non-hydrogen) atoms. The third kappa shape index (κ3) is 4.52. The van der Waals surface area contributed by atoms with Gasteiger partial charge in [0.2, 0.25) is 0 Å². The number of piperazine rings is 1. The molecule has 1 unspecified atom stereocenters. The summed E-state index contributed by atoms with van der Waals surface area (Å²) in [5.41, 5.74) is -0.445. The Balaban J connectivity index is 2.49. The summed E-state index contributed by atoms with van der Waals surface area (Å²) < 4.78 is 5.36. The molecule has 0 radical (unpaired) electrons. The number of hydrogen-bond donors (Lipinski definition) is 1. The van der Waals surface area contributed by atoms with E-state index in [1.807, 2.05) is 27.7 Å². The average Bonchev–Trinajstić information content (AvgIpc) is 2.15. The van der Waals surface area contributed by atoms with Crippen molar-refractivity contribution in [3.05, 3.63) is 0 Å². The number of carbonyl (C=O) groups excluding carboxylic acids is 1. The van der Waals surface area contributed by atoms with Crippen molar-refractivity contribution in [1.82, 2.24) is 9.80 Å². The van der Waals surface area contributed by atoms with Gasteiger partial charge in [-0.1, -0.05) is 0 Å². The zero-order valence-corrected chi connectivity index (χ0v) is 11.3. The Labute approximate surface area is 103 Å². The summed E-state index contributed by atoms with van der Waals surface area (Å²) in [5, 5.41) is 8.89. The summed E-state index contributed by atoms with van der Waals surface area (Å²) in [6.45, 7) is 10.7. The highest BCUT2D eigenvalue weighted by molar-refractivity contribution is 5.68. The fourth-order valence-electron chi connectivity index (χ4n) is 1.97. The summed E-state index contributed by atoms with van der Waals surface area (Å²) in [6, 6.07) is 0.130. The molecule has 5 heteroatoms. The van der Waals surface area contributed by atoms with Crippen molar-refractivity contribution >= 4 is 6.09 Å². The molecule has 0 aromatic heterocycles. The van der Waals surface area contributed by atoms with Gasteiger partial charge in [-0.25, -0.2) is 4.79 Å². The maximum atomic E-state index is 11.9. The van der Waals surface area contributed by atoms with Crippen molar-refractivity contribution < 1.29 is 14.6 Å². The molecular formula is C12H24N2O3. The van der Waals surface area contributed by atoms with Crippen LogP contribution < -0.4 is 0 Å². The molecule has 1 heterocycles. The molecule has 0 saturated carbocycles. The molecule has 0 bridgehead atoms. The van der Waals surface area contributed by atoms with Crippen molar-refractivity contribution in [2.24, 2.45) is 0 Å². The van der Waals surface area contributed by atoms with Gasteiger partial charge < -0.3 is 14.7 Å². The van der Waals surface area contributed by atoms with Crippen molar-refractivity contribution in [3.63, 3.8) is 0 Å². The predicted octanol–water partition coefficient (Wildman–Crippen LogP) is 0.920. The van der Waals surface area contributed by atoms with Crippen molar-refractivity contribution in [2.45, 2.75) is 39.3 Å². The molecule has 1 fully saturated rings. The Morgan fingerprint density at radius 3 is 2.53 bits per heavy atom. The van der Waals surface area contributed by atoms with Gasteiger partial charge in [0.05, 0.1) is 6.61 Å². The molecule has 0 aromatic carbocycles. The van der Waals surface area contributed by atoms with Crippen LogP contribution in [0.5, 0.6) is 0 Å². The summed E-state index contributed by atoms with van der Waals surface area (Å²) in [7, 11) is 0. The van der Waals surface area contributed by atoms with Crippen LogP contribution in [0.1, 0.15) is 27.7 Å². The van der Waals surface area contributed by atoms with Gasteiger partial charge in [0, 0.05) is 32.2 Å². The third-order valence-corrected chi connectivity index (χ3v) is 2.76. The lowest BCUT2D eigenvalue weighted by Crippen LogP contribution is -2.55. The Morgan fingerprint density at radius 1 is 1.41 bits per heavy atom. The zero-order valence-electron chi connectivity index (χ0n) is 11.3. The highest BCUT2D eigenvalue weighted by Gasteiger charge is 2.30. The number of ether oxygens (including phenoxy) is 1. The second-order valence-corrected chi connectivity index (χ2v) is 5.55. The number of β-amino-alcohol motifs (C(OH)–C–C–N with tert-alkyl or cyclic N) is 1. The molecule has 1 rings (SSSR count). The van der Waals surface area contributed by atoms with E-state index in [0.29, 0.717) is 13.1 Å². The Kier molecular flexibility index (Phi) is 4.77. The Morgan fingerprint density at radius 2 is 2.06 bits per heavy atom. The Bertz CT molecular complexity index is 263. The minimum absolute atomic E-state index is 0.130. The van der Waals surface area contributed by atoms with E-state index in [1.165, 1.54) is 0 Å². The normalized spacial score (nSPS) is 22.6. The quantitative estimate of drug-likeness (QED) is 0.785. The van der Waals surface area contributed by atoms with Crippen molar-refractivity contribution in [3.8, 4) is 0 Å². The Hall–Kier alpha value is -0.810. The van der Waals surface area contributed by atoms with Crippen molar-refractivity contribution in [1.29, 1.82) is 0 Å². The fourth-order valence-corrected chi connectivity index (χ4v) is 1.97. The third-order valence-electron chi connectivity index (χ3n) is 2.76. The minimum atomic E-state index is -0.445. The van der Waals surface area contributed by atoms with Crippen LogP contribution >= 0.6 is 0 Å². The van der Waals surface area contributed by atoms with Gasteiger partial charge in [0.25, 0.3) is 0 Å². The first-order valence-corrected chi connectivity index (χ1v) is 6.16. The highest BCUT2D eigenvalue weighted by Crippen LogP contribution is 2.15. The summed E-state index contributed by atoms with van der Waals surface area (Å²) in [4.78, 5) is 15.8. The van der Waals surface area contributed by atoms with E-state index in [4.69, 9.17) is 9.84 Å². The van der Waals surface area contributed by atoms with Gasteiger partial charge in [-0.05, 0) is 27.7 Å². The number of carbonyl (C=O) groups is 1. The van der Waals surface area contributed by atoms with Crippen LogP contribution in [0.2, 0.25) is 0 Å².